The SMILES string of the molecule is Cc1ccc([Si]2(c3ccc(C)cc3)c3ccccc3-c3cc4c(cc32)N(c2ccc3c5ccc(N6c7ccccc7Sc7cc8c(cc76)[Si](c6ccc(C)cc6)(c6ccc(C)cc6)c6ccccc6-8)cc5c5ccccc5c3c2)c2ccccc2S4)cc1. The Balaban J connectivity index is 0.824. The minimum absolute atomic E-state index is 1.15. The number of anilines is 6. The van der Waals surface area contributed by atoms with Crippen LogP contribution in [0.5, 0.6) is 0 Å². The molecule has 0 aliphatic carbocycles. The maximum atomic E-state index is 2.61. The first kappa shape index (κ1) is 51.8. The summed E-state index contributed by atoms with van der Waals surface area (Å²) in [7, 11) is -5.63. The molecular formula is C82H58N2S2Si2. The molecular weight excluding hydrogens is 1130 g/mol. The zero-order chi connectivity index (χ0) is 58.6. The number of aryl methyl sites for hydroxylation is 4. The maximum absolute atomic E-state index is 2.82. The van der Waals surface area contributed by atoms with E-state index in [0.717, 1.165) is 11.4 Å². The molecule has 0 atom stereocenters. The summed E-state index contributed by atoms with van der Waals surface area (Å²) >= 11 is 3.80. The Labute approximate surface area is 524 Å². The van der Waals surface area contributed by atoms with E-state index in [4.69, 9.17) is 0 Å². The summed E-state index contributed by atoms with van der Waals surface area (Å²) in [5.74, 6) is 0. The highest BCUT2D eigenvalue weighted by atomic mass is 32.2. The molecule has 0 radical (unpaired) electrons. The highest BCUT2D eigenvalue weighted by Gasteiger charge is 2.51. The van der Waals surface area contributed by atoms with E-state index in [2.05, 4.69) is 317 Å². The van der Waals surface area contributed by atoms with E-state index in [9.17, 15) is 0 Å². The van der Waals surface area contributed by atoms with Crippen molar-refractivity contribution in [2.75, 3.05) is 9.80 Å². The van der Waals surface area contributed by atoms with Crippen molar-refractivity contribution >= 4 is 148 Å². The summed E-state index contributed by atoms with van der Waals surface area (Å²) < 4.78 is 0. The Morgan fingerprint density at radius 2 is 0.568 bits per heavy atom. The number of hydrogen-bond donors (Lipinski definition) is 0. The Morgan fingerprint density at radius 3 is 0.955 bits per heavy atom. The van der Waals surface area contributed by atoms with Crippen LogP contribution in [0.4, 0.5) is 34.1 Å². The van der Waals surface area contributed by atoms with Crippen molar-refractivity contribution in [3.05, 3.63) is 301 Å². The quantitative estimate of drug-likeness (QED) is 0.121. The molecule has 0 bridgehead atoms. The first-order valence-corrected chi connectivity index (χ1v) is 36.2. The van der Waals surface area contributed by atoms with Crippen LogP contribution in [-0.2, 0) is 0 Å². The van der Waals surface area contributed by atoms with Crippen LogP contribution in [-0.4, -0.2) is 16.1 Å². The second kappa shape index (κ2) is 19.5. The second-order valence-electron chi connectivity index (χ2n) is 24.6. The summed E-state index contributed by atoms with van der Waals surface area (Å²) in [5, 5.41) is 19.0. The number of hydrogen-bond acceptors (Lipinski definition) is 4. The molecule has 6 heteroatoms. The summed E-state index contributed by atoms with van der Waals surface area (Å²) in [6, 6.07) is 109. The van der Waals surface area contributed by atoms with Gasteiger partial charge in [0.25, 0.3) is 0 Å². The zero-order valence-corrected chi connectivity index (χ0v) is 52.9. The van der Waals surface area contributed by atoms with Gasteiger partial charge >= 0.3 is 0 Å². The van der Waals surface area contributed by atoms with Crippen molar-refractivity contribution < 1.29 is 0 Å². The third-order valence-corrected chi connectivity index (χ3v) is 31.6. The zero-order valence-electron chi connectivity index (χ0n) is 49.3. The maximum Gasteiger partial charge on any atom is 0.180 e. The van der Waals surface area contributed by atoms with Gasteiger partial charge in [0.15, 0.2) is 16.1 Å². The van der Waals surface area contributed by atoms with Gasteiger partial charge in [0, 0.05) is 31.0 Å². The van der Waals surface area contributed by atoms with E-state index < -0.39 is 16.1 Å². The van der Waals surface area contributed by atoms with E-state index in [-0.39, 0.29) is 0 Å². The number of benzene rings is 14. The number of rotatable bonds is 6. The standard InChI is InChI=1S/C82H58N2S2Si2/c1-51-25-35-57(36-26-51)87(58-37-27-52(2)28-38-58)79-23-13-7-17-65(79)69-47-77-73(49-81(69)87)83(71-19-9-11-21-75(71)85-77)55-33-43-63-64-44-34-56(46-68(64)62-16-6-5-15-61(62)67(63)45-55)84-72-20-10-12-22-76(72)86-78-48-70-66-18-8-14-24-80(66)88(82(70)50-74(78)84,59-39-29-53(3)30-40-59)60-41-31-54(4)32-42-60/h5-50H,1-4H3. The molecule has 14 aromatic carbocycles. The number of para-hydroxylation sites is 2. The van der Waals surface area contributed by atoms with Crippen molar-refractivity contribution in [2.45, 2.75) is 47.3 Å². The van der Waals surface area contributed by atoms with E-state index in [1.165, 1.54) is 161 Å². The molecule has 0 saturated carbocycles. The molecule has 4 heterocycles. The molecule has 4 aliphatic heterocycles. The normalized spacial score (nSPS) is 14.4. The average molecular weight is 1190 g/mol. The lowest BCUT2D eigenvalue weighted by Gasteiger charge is -2.36. The van der Waals surface area contributed by atoms with Crippen LogP contribution < -0.4 is 51.3 Å². The lowest BCUT2D eigenvalue weighted by atomic mass is 9.93. The summed E-state index contributed by atoms with van der Waals surface area (Å²) in [5.41, 5.74) is 17.7. The fourth-order valence-corrected chi connectivity index (χ4v) is 28.0. The van der Waals surface area contributed by atoms with Crippen molar-refractivity contribution in [3.8, 4) is 22.3 Å². The third-order valence-electron chi connectivity index (χ3n) is 19.6. The third kappa shape index (κ3) is 7.38. The molecule has 2 nitrogen and oxygen atoms in total. The van der Waals surface area contributed by atoms with Crippen LogP contribution in [0.1, 0.15) is 22.3 Å². The van der Waals surface area contributed by atoms with Gasteiger partial charge in [-0.1, -0.05) is 252 Å². The molecule has 0 amide bonds. The van der Waals surface area contributed by atoms with E-state index in [1.807, 2.05) is 23.5 Å². The van der Waals surface area contributed by atoms with Crippen LogP contribution in [0, 0.1) is 27.7 Å². The predicted molar refractivity (Wildman–Crippen MR) is 381 cm³/mol. The molecule has 0 aromatic heterocycles. The molecule has 18 rings (SSSR count). The van der Waals surface area contributed by atoms with Crippen molar-refractivity contribution in [1.29, 1.82) is 0 Å². The van der Waals surface area contributed by atoms with Crippen LogP contribution in [0.3, 0.4) is 0 Å². The summed E-state index contributed by atoms with van der Waals surface area (Å²) in [6.45, 7) is 8.82. The van der Waals surface area contributed by atoms with Gasteiger partial charge in [0.1, 0.15) is 0 Å². The predicted octanol–water partition coefficient (Wildman–Crippen LogP) is 17.0. The molecule has 0 unspecified atom stereocenters. The lowest BCUT2D eigenvalue weighted by molar-refractivity contribution is 1.17. The molecule has 88 heavy (non-hydrogen) atoms. The molecule has 0 spiro atoms. The largest absolute Gasteiger partial charge is 0.308 e. The van der Waals surface area contributed by atoms with Crippen molar-refractivity contribution in [2.24, 2.45) is 0 Å². The molecule has 0 N–H and O–H groups in total. The monoisotopic (exact) mass is 1190 g/mol. The van der Waals surface area contributed by atoms with Crippen LogP contribution >= 0.6 is 23.5 Å². The van der Waals surface area contributed by atoms with Gasteiger partial charge in [-0.15, -0.1) is 0 Å². The van der Waals surface area contributed by atoms with Gasteiger partial charge in [0.2, 0.25) is 0 Å². The lowest BCUT2D eigenvalue weighted by Crippen LogP contribution is -2.72. The first-order chi connectivity index (χ1) is 43.2. The van der Waals surface area contributed by atoms with E-state index in [1.54, 1.807) is 0 Å². The average Bonchev–Trinajstić information content (AvgIpc) is 1.51. The molecule has 416 valence electrons. The fraction of sp³-hybridized carbons (Fsp3) is 0.0488. The highest BCUT2D eigenvalue weighted by molar-refractivity contribution is 8.00. The van der Waals surface area contributed by atoms with Gasteiger partial charge in [-0.2, -0.15) is 0 Å². The topological polar surface area (TPSA) is 6.48 Å². The van der Waals surface area contributed by atoms with Crippen molar-refractivity contribution in [1.82, 2.24) is 0 Å². The first-order valence-electron chi connectivity index (χ1n) is 30.6. The van der Waals surface area contributed by atoms with Crippen LogP contribution in [0.25, 0.3) is 54.6 Å². The van der Waals surface area contributed by atoms with Crippen LogP contribution in [0.15, 0.2) is 299 Å². The van der Waals surface area contributed by atoms with Gasteiger partial charge in [-0.3, -0.25) is 0 Å². The Kier molecular flexibility index (Phi) is 11.5. The fourth-order valence-electron chi connectivity index (χ4n) is 15.6. The summed E-state index contributed by atoms with van der Waals surface area (Å²) in [6.07, 6.45) is 0. The Morgan fingerprint density at radius 1 is 0.239 bits per heavy atom. The molecule has 0 fully saturated rings. The van der Waals surface area contributed by atoms with Crippen molar-refractivity contribution in [3.63, 3.8) is 0 Å². The van der Waals surface area contributed by atoms with E-state index >= 15 is 0 Å². The Bertz CT molecular complexity index is 4830. The second-order valence-corrected chi connectivity index (χ2v) is 34.2. The minimum Gasteiger partial charge on any atom is -0.308 e. The van der Waals surface area contributed by atoms with Gasteiger partial charge in [-0.25, -0.2) is 0 Å². The van der Waals surface area contributed by atoms with Crippen LogP contribution in [0.2, 0.25) is 0 Å². The molecule has 4 aliphatic rings. The molecule has 14 aromatic rings. The minimum atomic E-state index is -2.82. The summed E-state index contributed by atoms with van der Waals surface area (Å²) in [4.78, 5) is 10.2. The van der Waals surface area contributed by atoms with Gasteiger partial charge in [0.05, 0.1) is 22.7 Å². The van der Waals surface area contributed by atoms with E-state index in [0.29, 0.717) is 0 Å². The van der Waals surface area contributed by atoms with Gasteiger partial charge in [-0.05, 0) is 197 Å². The highest BCUT2D eigenvalue weighted by Crippen LogP contribution is 2.56. The number of nitrogens with zero attached hydrogens (tertiary/aromatic N) is 2. The van der Waals surface area contributed by atoms with Gasteiger partial charge < -0.3 is 9.80 Å². The molecule has 0 saturated heterocycles. The Hall–Kier alpha value is -9.41. The smallest absolute Gasteiger partial charge is 0.180 e. The number of fused-ring (bicyclic) bond motifs is 16.